The predicted molar refractivity (Wildman–Crippen MR) is 135 cm³/mol. The normalized spacial score (nSPS) is 35.1. The number of carbonyl (C=O) groups is 1. The van der Waals surface area contributed by atoms with Crippen molar-refractivity contribution in [3.05, 3.63) is 54.3 Å². The number of hydrogen-bond donors (Lipinski definition) is 3. The molecule has 196 valence electrons. The van der Waals surface area contributed by atoms with Crippen molar-refractivity contribution in [2.24, 2.45) is 29.6 Å². The smallest absolute Gasteiger partial charge is 0.243 e. The number of rotatable bonds is 4. The van der Waals surface area contributed by atoms with Gasteiger partial charge in [-0.15, -0.1) is 0 Å². The number of benzene rings is 2. The van der Waals surface area contributed by atoms with Crippen LogP contribution in [0.1, 0.15) is 19.3 Å². The molecule has 2 aliphatic carbocycles. The molecule has 0 bridgehead atoms. The highest BCUT2D eigenvalue weighted by Crippen LogP contribution is 2.55. The van der Waals surface area contributed by atoms with Crippen LogP contribution in [0.4, 0.5) is 4.39 Å². The number of hydrogen-bond acceptors (Lipinski definition) is 6. The summed E-state index contributed by atoms with van der Waals surface area (Å²) in [5, 5.41) is 0. The van der Waals surface area contributed by atoms with E-state index >= 15 is 0 Å². The molecule has 10 heteroatoms. The molecule has 0 aromatic heterocycles. The van der Waals surface area contributed by atoms with E-state index in [9.17, 15) is 17.6 Å². The average Bonchev–Trinajstić information content (AvgIpc) is 3.63. The van der Waals surface area contributed by atoms with Gasteiger partial charge in [0.1, 0.15) is 5.82 Å². The number of likely N-dealkylation sites (tertiary alicyclic amines) is 1. The number of halogens is 1. The Labute approximate surface area is 216 Å². The summed E-state index contributed by atoms with van der Waals surface area (Å²) in [6, 6.07) is 13.7. The van der Waals surface area contributed by atoms with Crippen LogP contribution in [0.3, 0.4) is 0 Å². The Morgan fingerprint density at radius 2 is 1.35 bits per heavy atom. The molecular formula is C27H32FN5O3S. The van der Waals surface area contributed by atoms with Gasteiger partial charge in [-0.1, -0.05) is 24.3 Å². The Balaban J connectivity index is 0.988. The minimum atomic E-state index is -3.58. The molecule has 2 aromatic carbocycles. The van der Waals surface area contributed by atoms with Crippen LogP contribution in [0, 0.1) is 35.4 Å². The second-order valence-corrected chi connectivity index (χ2v) is 13.3. The summed E-state index contributed by atoms with van der Waals surface area (Å²) >= 11 is 0. The number of nitrogens with one attached hydrogen (secondary N) is 3. The fourth-order valence-electron chi connectivity index (χ4n) is 7.54. The molecule has 3 heterocycles. The number of carbonyl (C=O) groups excluding carboxylic acids is 1. The van der Waals surface area contributed by atoms with Crippen molar-refractivity contribution in [2.75, 3.05) is 26.2 Å². The lowest BCUT2D eigenvalue weighted by atomic mass is 9.60. The van der Waals surface area contributed by atoms with Crippen molar-refractivity contribution in [1.82, 2.24) is 25.6 Å². The molecular weight excluding hydrogens is 493 g/mol. The molecule has 0 spiro atoms. The van der Waals surface area contributed by atoms with Crippen molar-refractivity contribution in [3.63, 3.8) is 0 Å². The highest BCUT2D eigenvalue weighted by atomic mass is 32.2. The Hall–Kier alpha value is -2.37. The van der Waals surface area contributed by atoms with Crippen molar-refractivity contribution in [1.29, 1.82) is 0 Å². The van der Waals surface area contributed by atoms with Gasteiger partial charge in [0, 0.05) is 44.2 Å². The maximum absolute atomic E-state index is 13.4. The van der Waals surface area contributed by atoms with Crippen molar-refractivity contribution < 1.29 is 17.6 Å². The summed E-state index contributed by atoms with van der Waals surface area (Å²) in [6.07, 6.45) is 2.76. The van der Waals surface area contributed by atoms with E-state index < -0.39 is 10.0 Å². The van der Waals surface area contributed by atoms with Crippen LogP contribution >= 0.6 is 0 Å². The maximum Gasteiger partial charge on any atom is 0.243 e. The molecule has 3 unspecified atom stereocenters. The summed E-state index contributed by atoms with van der Waals surface area (Å²) < 4.78 is 41.7. The van der Waals surface area contributed by atoms with E-state index in [2.05, 4.69) is 21.3 Å². The van der Waals surface area contributed by atoms with Gasteiger partial charge in [-0.2, -0.15) is 9.84 Å². The van der Waals surface area contributed by atoms with Crippen LogP contribution in [0.25, 0.3) is 11.1 Å². The molecule has 7 atom stereocenters. The third kappa shape index (κ3) is 3.92. The Bertz CT molecular complexity index is 1280. The molecule has 7 rings (SSSR count). The number of sulfonamides is 1. The molecule has 0 radical (unpaired) electrons. The molecule has 2 saturated carbocycles. The Morgan fingerprint density at radius 3 is 2.00 bits per heavy atom. The largest absolute Gasteiger partial charge is 0.342 e. The van der Waals surface area contributed by atoms with E-state index in [0.717, 1.165) is 43.5 Å². The molecule has 1 amide bonds. The number of hydrazine groups is 2. The summed E-state index contributed by atoms with van der Waals surface area (Å²) in [4.78, 5) is 15.7. The molecule has 37 heavy (non-hydrogen) atoms. The van der Waals surface area contributed by atoms with Crippen molar-refractivity contribution in [3.8, 4) is 11.1 Å². The second-order valence-electron chi connectivity index (χ2n) is 11.4. The standard InChI is InChI=1S/C27H32FN5O3S/c28-19-6-1-16(2-7-19)17-3-8-20(9-4-17)37(35,36)33-14-23-21-12-32(13-22(21)24(23)15-33)27(34)18-5-10-25-26(11-18)30-31-29-25/h1-4,6-9,18,21-26,29-31H,5,10-15H2/t18?,21-,22+,23+,24-,25?,26?. The van der Waals surface area contributed by atoms with Crippen molar-refractivity contribution in [2.45, 2.75) is 36.2 Å². The lowest BCUT2D eigenvalue weighted by molar-refractivity contribution is -0.136. The SMILES string of the molecule is O=C(C1CCC2NNNC2C1)N1C[C@@H]2[C@H](C1)[C@H]1CN(S(=O)(=O)c3ccc(-c4ccc(F)cc4)cc3)C[C@@H]21. The number of fused-ring (bicyclic) bond motifs is 5. The lowest BCUT2D eigenvalue weighted by Gasteiger charge is -2.42. The molecule has 5 aliphatic rings. The summed E-state index contributed by atoms with van der Waals surface area (Å²) in [6.45, 7) is 2.59. The van der Waals surface area contributed by atoms with Crippen LogP contribution in [0.15, 0.2) is 53.4 Å². The predicted octanol–water partition coefficient (Wildman–Crippen LogP) is 1.97. The van der Waals surface area contributed by atoms with E-state index in [1.165, 1.54) is 12.1 Å². The first kappa shape index (κ1) is 23.7. The van der Waals surface area contributed by atoms with Gasteiger partial charge >= 0.3 is 0 Å². The molecule has 3 saturated heterocycles. The highest BCUT2D eigenvalue weighted by Gasteiger charge is 2.60. The first-order valence-electron chi connectivity index (χ1n) is 13.3. The van der Waals surface area contributed by atoms with E-state index in [-0.39, 0.29) is 17.6 Å². The van der Waals surface area contributed by atoms with Gasteiger partial charge in [-0.25, -0.2) is 23.7 Å². The second kappa shape index (κ2) is 8.84. The zero-order chi connectivity index (χ0) is 25.3. The maximum atomic E-state index is 13.4. The fraction of sp³-hybridized carbons (Fsp3) is 0.519. The van der Waals surface area contributed by atoms with E-state index in [1.54, 1.807) is 40.7 Å². The molecule has 8 nitrogen and oxygen atoms in total. The van der Waals surface area contributed by atoms with Crippen LogP contribution < -0.4 is 16.4 Å². The van der Waals surface area contributed by atoms with E-state index in [4.69, 9.17) is 0 Å². The summed E-state index contributed by atoms with van der Waals surface area (Å²) in [7, 11) is -3.58. The van der Waals surface area contributed by atoms with E-state index in [1.807, 2.05) is 0 Å². The van der Waals surface area contributed by atoms with Gasteiger partial charge in [0.05, 0.1) is 4.90 Å². The zero-order valence-corrected chi connectivity index (χ0v) is 21.3. The van der Waals surface area contributed by atoms with Gasteiger partial charge in [0.25, 0.3) is 0 Å². The Kier molecular flexibility index (Phi) is 5.67. The first-order valence-corrected chi connectivity index (χ1v) is 14.7. The fourth-order valence-corrected chi connectivity index (χ4v) is 9.05. The van der Waals surface area contributed by atoms with Crippen molar-refractivity contribution >= 4 is 15.9 Å². The topological polar surface area (TPSA) is 93.8 Å². The zero-order valence-electron chi connectivity index (χ0n) is 20.5. The van der Waals surface area contributed by atoms with Gasteiger partial charge in [-0.3, -0.25) is 4.79 Å². The first-order chi connectivity index (χ1) is 17.9. The number of nitrogens with zero attached hydrogens (tertiary/aromatic N) is 2. The van der Waals surface area contributed by atoms with Gasteiger partial charge < -0.3 is 4.90 Å². The minimum absolute atomic E-state index is 0.0718. The van der Waals surface area contributed by atoms with Gasteiger partial charge in [0.2, 0.25) is 15.9 Å². The third-order valence-corrected chi connectivity index (χ3v) is 11.4. The van der Waals surface area contributed by atoms with Gasteiger partial charge in [0.15, 0.2) is 0 Å². The van der Waals surface area contributed by atoms with Crippen LogP contribution in [0.5, 0.6) is 0 Å². The summed E-state index contributed by atoms with van der Waals surface area (Å²) in [5.41, 5.74) is 11.1. The summed E-state index contributed by atoms with van der Waals surface area (Å²) in [5.74, 6) is 1.52. The quantitative estimate of drug-likeness (QED) is 0.565. The molecule has 3 N–H and O–H groups in total. The number of amides is 1. The Morgan fingerprint density at radius 1 is 0.784 bits per heavy atom. The van der Waals surface area contributed by atoms with E-state index in [0.29, 0.717) is 53.7 Å². The lowest BCUT2D eigenvalue weighted by Crippen LogP contribution is -2.45. The van der Waals surface area contributed by atoms with Crippen LogP contribution in [-0.4, -0.2) is 61.8 Å². The average molecular weight is 526 g/mol. The highest BCUT2D eigenvalue weighted by molar-refractivity contribution is 7.89. The minimum Gasteiger partial charge on any atom is -0.342 e. The monoisotopic (exact) mass is 525 g/mol. The van der Waals surface area contributed by atoms with Crippen LogP contribution in [0.2, 0.25) is 0 Å². The van der Waals surface area contributed by atoms with Crippen LogP contribution in [-0.2, 0) is 14.8 Å². The van der Waals surface area contributed by atoms with Gasteiger partial charge in [-0.05, 0) is 78.3 Å². The molecule has 2 aromatic rings. The molecule has 5 fully saturated rings. The third-order valence-electron chi connectivity index (χ3n) is 9.59. The molecule has 3 aliphatic heterocycles.